The maximum absolute atomic E-state index is 13.2. The van der Waals surface area contributed by atoms with Crippen LogP contribution in [0.1, 0.15) is 5.56 Å². The van der Waals surface area contributed by atoms with Crippen molar-refractivity contribution in [2.45, 2.75) is 12.2 Å². The van der Waals surface area contributed by atoms with Crippen molar-refractivity contribution in [2.75, 3.05) is 19.8 Å². The van der Waals surface area contributed by atoms with Gasteiger partial charge in [0, 0.05) is 12.6 Å². The molecule has 1 heterocycles. The number of nitrogens with zero attached hydrogens (tertiary/aromatic N) is 1. The van der Waals surface area contributed by atoms with Crippen molar-refractivity contribution in [3.05, 3.63) is 42.0 Å². The number of carboxylic acids is 1. The molecule has 0 radical (unpaired) electrons. The summed E-state index contributed by atoms with van der Waals surface area (Å²) in [5.74, 6) is -2.32. The van der Waals surface area contributed by atoms with E-state index >= 15 is 0 Å². The fraction of sp³-hybridized carbons (Fsp3) is 0.333. The Kier molecular flexibility index (Phi) is 5.05. The van der Waals surface area contributed by atoms with E-state index in [4.69, 9.17) is 9.84 Å². The topological polar surface area (TPSA) is 66.8 Å². The summed E-state index contributed by atoms with van der Waals surface area (Å²) in [5.41, 5.74) is -1.27. The Balaban J connectivity index is 2.35. The van der Waals surface area contributed by atoms with Gasteiger partial charge in [0.25, 0.3) is 0 Å². The van der Waals surface area contributed by atoms with Gasteiger partial charge in [0.2, 0.25) is 5.91 Å². The number of halogens is 3. The van der Waals surface area contributed by atoms with E-state index in [1.807, 2.05) is 0 Å². The standard InChI is InChI=1S/C15H14F3NO4/c16-15(17,18)11(10-4-2-1-3-5-10)8-13(20)19-6-7-23-9-12(19)14(21)22/h1-5,8,12H,6-7,9H2,(H,21,22)/b11-8-. The number of alkyl halides is 3. The van der Waals surface area contributed by atoms with Gasteiger partial charge >= 0.3 is 12.1 Å². The quantitative estimate of drug-likeness (QED) is 0.861. The van der Waals surface area contributed by atoms with Gasteiger partial charge < -0.3 is 14.7 Å². The van der Waals surface area contributed by atoms with Crippen LogP contribution in [0.5, 0.6) is 0 Å². The van der Waals surface area contributed by atoms with Gasteiger partial charge in [0.15, 0.2) is 6.04 Å². The Hall–Kier alpha value is -2.35. The molecule has 0 saturated carbocycles. The Morgan fingerprint density at radius 3 is 2.48 bits per heavy atom. The van der Waals surface area contributed by atoms with Crippen LogP contribution in [-0.2, 0) is 14.3 Å². The van der Waals surface area contributed by atoms with E-state index in [1.54, 1.807) is 6.07 Å². The first-order valence-corrected chi connectivity index (χ1v) is 6.76. The third-order valence-electron chi connectivity index (χ3n) is 3.35. The van der Waals surface area contributed by atoms with Crippen LogP contribution >= 0.6 is 0 Å². The summed E-state index contributed by atoms with van der Waals surface area (Å²) in [7, 11) is 0. The monoisotopic (exact) mass is 329 g/mol. The number of carbonyl (C=O) groups excluding carboxylic acids is 1. The molecule has 0 bridgehead atoms. The van der Waals surface area contributed by atoms with Crippen LogP contribution in [-0.4, -0.2) is 53.9 Å². The highest BCUT2D eigenvalue weighted by molar-refractivity contribution is 5.98. The lowest BCUT2D eigenvalue weighted by atomic mass is 10.0. The molecule has 1 aliphatic heterocycles. The predicted molar refractivity (Wildman–Crippen MR) is 74.4 cm³/mol. The largest absolute Gasteiger partial charge is 0.480 e. The van der Waals surface area contributed by atoms with E-state index < -0.39 is 29.7 Å². The van der Waals surface area contributed by atoms with E-state index in [0.717, 1.165) is 4.90 Å². The van der Waals surface area contributed by atoms with Gasteiger partial charge in [-0.3, -0.25) is 4.79 Å². The SMILES string of the molecule is O=C(O)C1COCCN1C(=O)/C=C(/c1ccccc1)C(F)(F)F. The van der Waals surface area contributed by atoms with Gasteiger partial charge in [-0.15, -0.1) is 0 Å². The molecular weight excluding hydrogens is 315 g/mol. The number of rotatable bonds is 3. The van der Waals surface area contributed by atoms with E-state index in [2.05, 4.69) is 0 Å². The second-order valence-corrected chi connectivity index (χ2v) is 4.88. The number of hydrogen-bond donors (Lipinski definition) is 1. The third kappa shape index (κ3) is 4.10. The van der Waals surface area contributed by atoms with Crippen LogP contribution in [0.4, 0.5) is 13.2 Å². The van der Waals surface area contributed by atoms with Crippen molar-refractivity contribution in [3.63, 3.8) is 0 Å². The lowest BCUT2D eigenvalue weighted by Gasteiger charge is -2.32. The highest BCUT2D eigenvalue weighted by Crippen LogP contribution is 2.34. The number of carboxylic acid groups (broad SMARTS) is 1. The minimum atomic E-state index is -4.73. The van der Waals surface area contributed by atoms with Gasteiger partial charge in [-0.05, 0) is 5.56 Å². The number of hydrogen-bond acceptors (Lipinski definition) is 3. The zero-order chi connectivity index (χ0) is 17.0. The van der Waals surface area contributed by atoms with Crippen molar-refractivity contribution < 1.29 is 32.6 Å². The number of ether oxygens (including phenoxy) is 1. The molecule has 0 aliphatic carbocycles. The summed E-state index contributed by atoms with van der Waals surface area (Å²) in [6, 6.07) is 5.59. The number of aliphatic carboxylic acids is 1. The maximum Gasteiger partial charge on any atom is 0.417 e. The first-order chi connectivity index (χ1) is 10.8. The predicted octanol–water partition coefficient (Wildman–Crippen LogP) is 1.94. The highest BCUT2D eigenvalue weighted by atomic mass is 19.4. The molecule has 0 aromatic heterocycles. The number of carbonyl (C=O) groups is 2. The second kappa shape index (κ2) is 6.82. The molecule has 0 spiro atoms. The Bertz CT molecular complexity index is 613. The number of morpholine rings is 1. The van der Waals surface area contributed by atoms with Crippen LogP contribution in [0.3, 0.4) is 0 Å². The van der Waals surface area contributed by atoms with Gasteiger partial charge in [-0.2, -0.15) is 13.2 Å². The molecule has 1 atom stereocenters. The van der Waals surface area contributed by atoms with E-state index in [1.165, 1.54) is 24.3 Å². The number of allylic oxidation sites excluding steroid dienone is 1. The fourth-order valence-corrected chi connectivity index (χ4v) is 2.22. The lowest BCUT2D eigenvalue weighted by Crippen LogP contribution is -2.52. The average Bonchev–Trinajstić information content (AvgIpc) is 2.52. The van der Waals surface area contributed by atoms with Crippen LogP contribution in [0, 0.1) is 0 Å². The second-order valence-electron chi connectivity index (χ2n) is 4.88. The van der Waals surface area contributed by atoms with Crippen molar-refractivity contribution in [2.24, 2.45) is 0 Å². The van der Waals surface area contributed by atoms with Crippen LogP contribution in [0.25, 0.3) is 5.57 Å². The van der Waals surface area contributed by atoms with Crippen molar-refractivity contribution in [3.8, 4) is 0 Å². The zero-order valence-electron chi connectivity index (χ0n) is 11.9. The number of amides is 1. The van der Waals surface area contributed by atoms with E-state index in [0.29, 0.717) is 6.08 Å². The zero-order valence-corrected chi connectivity index (χ0v) is 11.9. The van der Waals surface area contributed by atoms with Gasteiger partial charge in [-0.25, -0.2) is 4.79 Å². The molecule has 1 aromatic rings. The Morgan fingerprint density at radius 2 is 1.91 bits per heavy atom. The number of benzene rings is 1. The molecule has 5 nitrogen and oxygen atoms in total. The highest BCUT2D eigenvalue weighted by Gasteiger charge is 2.37. The molecule has 2 rings (SSSR count). The molecule has 124 valence electrons. The Morgan fingerprint density at radius 1 is 1.26 bits per heavy atom. The molecule has 1 N–H and O–H groups in total. The summed E-state index contributed by atoms with van der Waals surface area (Å²) in [4.78, 5) is 24.2. The van der Waals surface area contributed by atoms with E-state index in [-0.39, 0.29) is 25.3 Å². The van der Waals surface area contributed by atoms with Crippen LogP contribution in [0.15, 0.2) is 36.4 Å². The van der Waals surface area contributed by atoms with Crippen LogP contribution < -0.4 is 0 Å². The minimum Gasteiger partial charge on any atom is -0.480 e. The van der Waals surface area contributed by atoms with Gasteiger partial charge in [-0.1, -0.05) is 30.3 Å². The molecule has 1 fully saturated rings. The summed E-state index contributed by atoms with van der Waals surface area (Å²) >= 11 is 0. The molecule has 1 saturated heterocycles. The van der Waals surface area contributed by atoms with Gasteiger partial charge in [0.1, 0.15) is 0 Å². The normalized spacial score (nSPS) is 19.5. The lowest BCUT2D eigenvalue weighted by molar-refractivity contribution is -0.156. The maximum atomic E-state index is 13.2. The van der Waals surface area contributed by atoms with Gasteiger partial charge in [0.05, 0.1) is 18.8 Å². The summed E-state index contributed by atoms with van der Waals surface area (Å²) < 4.78 is 44.6. The van der Waals surface area contributed by atoms with E-state index in [9.17, 15) is 22.8 Å². The molecule has 1 aliphatic rings. The summed E-state index contributed by atoms with van der Waals surface area (Å²) in [5, 5.41) is 9.05. The van der Waals surface area contributed by atoms with Crippen LogP contribution in [0.2, 0.25) is 0 Å². The van der Waals surface area contributed by atoms with Crippen molar-refractivity contribution in [1.82, 2.24) is 4.90 Å². The molecule has 1 aromatic carbocycles. The van der Waals surface area contributed by atoms with Crippen molar-refractivity contribution in [1.29, 1.82) is 0 Å². The summed E-state index contributed by atoms with van der Waals surface area (Å²) in [6.45, 7) is -0.246. The fourth-order valence-electron chi connectivity index (χ4n) is 2.22. The smallest absolute Gasteiger partial charge is 0.417 e. The average molecular weight is 329 g/mol. The minimum absolute atomic E-state index is 0.0772. The molecule has 1 amide bonds. The Labute approximate surface area is 130 Å². The molecular formula is C15H14F3NO4. The molecule has 8 heteroatoms. The first kappa shape index (κ1) is 17.0. The first-order valence-electron chi connectivity index (χ1n) is 6.76. The molecule has 1 unspecified atom stereocenters. The van der Waals surface area contributed by atoms with Crippen molar-refractivity contribution >= 4 is 17.4 Å². The molecule has 23 heavy (non-hydrogen) atoms. The summed E-state index contributed by atoms with van der Waals surface area (Å²) in [6.07, 6.45) is -4.29. The third-order valence-corrected chi connectivity index (χ3v) is 3.35.